The van der Waals surface area contributed by atoms with E-state index in [1.165, 1.54) is 7.11 Å². The number of hydrogen-bond donors (Lipinski definition) is 1. The summed E-state index contributed by atoms with van der Waals surface area (Å²) in [6, 6.07) is 22.1. The van der Waals surface area contributed by atoms with Gasteiger partial charge in [-0.05, 0) is 52.9 Å². The smallest absolute Gasteiger partial charge is 0.328 e. The molecule has 3 aromatic carbocycles. The summed E-state index contributed by atoms with van der Waals surface area (Å²) in [5, 5.41) is 3.82. The van der Waals surface area contributed by atoms with Crippen molar-refractivity contribution in [2.24, 2.45) is 5.92 Å². The van der Waals surface area contributed by atoms with Crippen LogP contribution in [0.5, 0.6) is 0 Å². The number of aromatic nitrogens is 1. The Balaban J connectivity index is 1.32. The molecular formula is C30H27N3O4. The molecule has 7 heteroatoms. The van der Waals surface area contributed by atoms with Gasteiger partial charge in [-0.2, -0.15) is 0 Å². The molecule has 0 aliphatic carbocycles. The van der Waals surface area contributed by atoms with Crippen LogP contribution >= 0.6 is 0 Å². The van der Waals surface area contributed by atoms with E-state index in [-0.39, 0.29) is 17.7 Å². The molecule has 0 fully saturated rings. The fourth-order valence-corrected chi connectivity index (χ4v) is 4.75. The van der Waals surface area contributed by atoms with Gasteiger partial charge in [0.05, 0.1) is 18.2 Å². The summed E-state index contributed by atoms with van der Waals surface area (Å²) in [6.45, 7) is 4.18. The minimum absolute atomic E-state index is 0.0710. The lowest BCUT2D eigenvalue weighted by atomic mass is 10.00. The minimum Gasteiger partial charge on any atom is -0.467 e. The summed E-state index contributed by atoms with van der Waals surface area (Å²) in [7, 11) is 1.34. The number of benzene rings is 3. The Morgan fingerprint density at radius 3 is 2.43 bits per heavy atom. The van der Waals surface area contributed by atoms with E-state index >= 15 is 0 Å². The van der Waals surface area contributed by atoms with Gasteiger partial charge in [0.15, 0.2) is 0 Å². The van der Waals surface area contributed by atoms with Crippen molar-refractivity contribution in [3.05, 3.63) is 95.7 Å². The molecule has 4 aromatic rings. The molecule has 0 saturated carbocycles. The van der Waals surface area contributed by atoms with Crippen LogP contribution in [0.3, 0.4) is 0 Å². The van der Waals surface area contributed by atoms with E-state index in [4.69, 9.17) is 4.74 Å². The van der Waals surface area contributed by atoms with E-state index < -0.39 is 12.0 Å². The fourth-order valence-electron chi connectivity index (χ4n) is 4.75. The average Bonchev–Trinajstić information content (AvgIpc) is 3.23. The Morgan fingerprint density at radius 1 is 0.973 bits per heavy atom. The molecule has 37 heavy (non-hydrogen) atoms. The maximum atomic E-state index is 13.2. The highest BCUT2D eigenvalue weighted by Gasteiger charge is 2.38. The van der Waals surface area contributed by atoms with Gasteiger partial charge < -0.3 is 15.0 Å². The van der Waals surface area contributed by atoms with Crippen molar-refractivity contribution in [3.8, 4) is 11.1 Å². The van der Waals surface area contributed by atoms with Crippen molar-refractivity contribution in [1.82, 2.24) is 9.88 Å². The van der Waals surface area contributed by atoms with E-state index in [0.717, 1.165) is 27.6 Å². The molecule has 0 saturated heterocycles. The van der Waals surface area contributed by atoms with Crippen molar-refractivity contribution in [2.45, 2.75) is 26.4 Å². The maximum absolute atomic E-state index is 13.2. The molecule has 2 heterocycles. The van der Waals surface area contributed by atoms with Gasteiger partial charge in [0.1, 0.15) is 6.04 Å². The van der Waals surface area contributed by atoms with E-state index in [1.807, 2.05) is 86.6 Å². The molecule has 0 bridgehead atoms. The number of methoxy groups -OCH3 is 1. The summed E-state index contributed by atoms with van der Waals surface area (Å²) in [4.78, 5) is 44.2. The third-order valence-corrected chi connectivity index (χ3v) is 6.68. The number of amides is 2. The number of hydrogen-bond acceptors (Lipinski definition) is 5. The van der Waals surface area contributed by atoms with Gasteiger partial charge in [0.25, 0.3) is 11.8 Å². The van der Waals surface area contributed by atoms with E-state index in [9.17, 15) is 14.4 Å². The molecule has 1 aliphatic rings. The topological polar surface area (TPSA) is 88.6 Å². The van der Waals surface area contributed by atoms with Crippen LogP contribution in [0.4, 0.5) is 5.69 Å². The fraction of sp³-hybridized carbons (Fsp3) is 0.200. The van der Waals surface area contributed by atoms with Crippen molar-refractivity contribution in [1.29, 1.82) is 0 Å². The largest absolute Gasteiger partial charge is 0.467 e. The highest BCUT2D eigenvalue weighted by Crippen LogP contribution is 2.32. The lowest BCUT2D eigenvalue weighted by Gasteiger charge is -2.28. The van der Waals surface area contributed by atoms with Crippen molar-refractivity contribution >= 4 is 34.4 Å². The number of nitrogens with one attached hydrogen (secondary N) is 1. The normalized spacial score (nSPS) is 13.5. The zero-order chi connectivity index (χ0) is 26.1. The number of carbonyl (C=O) groups excluding carboxylic acids is 3. The first kappa shape index (κ1) is 24.2. The number of carbonyl (C=O) groups is 3. The number of ether oxygens (including phenoxy) is 1. The quantitative estimate of drug-likeness (QED) is 0.368. The van der Waals surface area contributed by atoms with Crippen molar-refractivity contribution in [3.63, 3.8) is 0 Å². The molecule has 0 radical (unpaired) electrons. The van der Waals surface area contributed by atoms with E-state index in [2.05, 4.69) is 10.3 Å². The first-order valence-electron chi connectivity index (χ1n) is 12.1. The van der Waals surface area contributed by atoms with Crippen LogP contribution in [0.15, 0.2) is 79.0 Å². The molecule has 1 N–H and O–H groups in total. The lowest BCUT2D eigenvalue weighted by Crippen LogP contribution is -2.45. The zero-order valence-electron chi connectivity index (χ0n) is 20.9. The minimum atomic E-state index is -0.631. The third-order valence-electron chi connectivity index (χ3n) is 6.68. The molecular weight excluding hydrogens is 466 g/mol. The lowest BCUT2D eigenvalue weighted by molar-refractivity contribution is -0.147. The van der Waals surface area contributed by atoms with Gasteiger partial charge in [-0.25, -0.2) is 4.79 Å². The summed E-state index contributed by atoms with van der Waals surface area (Å²) >= 11 is 0. The number of anilines is 1. The van der Waals surface area contributed by atoms with Gasteiger partial charge in [-0.1, -0.05) is 56.3 Å². The predicted octanol–water partition coefficient (Wildman–Crippen LogP) is 5.31. The Bertz CT molecular complexity index is 1510. The van der Waals surface area contributed by atoms with Crippen molar-refractivity contribution in [2.75, 3.05) is 12.4 Å². The number of rotatable bonds is 6. The molecule has 7 nitrogen and oxygen atoms in total. The Labute approximate surface area is 215 Å². The van der Waals surface area contributed by atoms with Crippen LogP contribution in [0.2, 0.25) is 0 Å². The summed E-state index contributed by atoms with van der Waals surface area (Å²) in [6.07, 6.45) is 1.57. The predicted molar refractivity (Wildman–Crippen MR) is 142 cm³/mol. The van der Waals surface area contributed by atoms with E-state index in [1.54, 1.807) is 11.1 Å². The summed E-state index contributed by atoms with van der Waals surface area (Å²) in [5.41, 5.74) is 5.24. The number of para-hydroxylation sites is 1. The second-order valence-corrected chi connectivity index (χ2v) is 9.47. The number of pyridine rings is 1. The molecule has 1 atom stereocenters. The second-order valence-electron chi connectivity index (χ2n) is 9.47. The van der Waals surface area contributed by atoms with E-state index in [0.29, 0.717) is 23.4 Å². The Kier molecular flexibility index (Phi) is 6.44. The molecule has 1 aromatic heterocycles. The van der Waals surface area contributed by atoms with Crippen LogP contribution in [0.1, 0.15) is 40.1 Å². The highest BCUT2D eigenvalue weighted by molar-refractivity contribution is 6.06. The Hall–Kier alpha value is -4.52. The van der Waals surface area contributed by atoms with Crippen LogP contribution in [0, 0.1) is 5.92 Å². The van der Waals surface area contributed by atoms with Gasteiger partial charge in [-0.15, -0.1) is 0 Å². The van der Waals surface area contributed by atoms with Crippen molar-refractivity contribution < 1.29 is 19.1 Å². The SMILES string of the molecule is COC(=O)[C@H](C(C)C)N1Cc2ccc(-c3ccc(NC(=O)c4cnc5ccccc5c4)cc3)cc2C1=O. The standard InChI is InChI=1S/C30H27N3O4/c1-18(2)27(30(36)37-3)33-17-22-9-8-20(15-25(22)29(33)35)19-10-12-24(13-11-19)32-28(34)23-14-21-6-4-5-7-26(21)31-16-23/h4-16,18,27H,17H2,1-3H3,(H,32,34)/t27-/m0/s1. The summed E-state index contributed by atoms with van der Waals surface area (Å²) in [5.74, 6) is -0.889. The molecule has 186 valence electrons. The highest BCUT2D eigenvalue weighted by atomic mass is 16.5. The van der Waals surface area contributed by atoms with Crippen LogP contribution in [0.25, 0.3) is 22.0 Å². The monoisotopic (exact) mass is 493 g/mol. The maximum Gasteiger partial charge on any atom is 0.328 e. The number of fused-ring (bicyclic) bond motifs is 2. The van der Waals surface area contributed by atoms with Crippen LogP contribution in [-0.4, -0.2) is 40.8 Å². The number of nitrogens with zero attached hydrogens (tertiary/aromatic N) is 2. The third kappa shape index (κ3) is 4.68. The first-order valence-corrected chi connectivity index (χ1v) is 12.1. The summed E-state index contributed by atoms with van der Waals surface area (Å²) < 4.78 is 4.95. The molecule has 1 aliphatic heterocycles. The molecule has 0 unspecified atom stereocenters. The second kappa shape index (κ2) is 9.85. The molecule has 5 rings (SSSR count). The van der Waals surface area contributed by atoms with Gasteiger partial charge in [0.2, 0.25) is 0 Å². The number of esters is 1. The zero-order valence-corrected chi connectivity index (χ0v) is 20.9. The van der Waals surface area contributed by atoms with Gasteiger partial charge in [-0.3, -0.25) is 14.6 Å². The Morgan fingerprint density at radius 2 is 1.70 bits per heavy atom. The molecule has 0 spiro atoms. The molecule has 2 amide bonds. The average molecular weight is 494 g/mol. The van der Waals surface area contributed by atoms with Crippen LogP contribution in [-0.2, 0) is 16.1 Å². The van der Waals surface area contributed by atoms with Gasteiger partial charge in [0, 0.05) is 29.4 Å². The first-order chi connectivity index (χ1) is 17.9. The van der Waals surface area contributed by atoms with Gasteiger partial charge >= 0.3 is 5.97 Å². The van der Waals surface area contributed by atoms with Crippen LogP contribution < -0.4 is 5.32 Å².